The monoisotopic (exact) mass is 493 g/mol. The van der Waals surface area contributed by atoms with Gasteiger partial charge >= 0.3 is 5.97 Å². The molecule has 0 aromatic rings. The summed E-state index contributed by atoms with van der Waals surface area (Å²) in [6, 6.07) is -0.0773. The summed E-state index contributed by atoms with van der Waals surface area (Å²) >= 11 is 0. The first kappa shape index (κ1) is 29.2. The number of nitrogens with one attached hydrogen (secondary N) is 1. The predicted molar refractivity (Wildman–Crippen MR) is 134 cm³/mol. The van der Waals surface area contributed by atoms with Gasteiger partial charge in [0.05, 0.1) is 55.7 Å². The van der Waals surface area contributed by atoms with Crippen LogP contribution in [0.5, 0.6) is 0 Å². The fraction of sp³-hybridized carbons (Fsp3) is 0.704. The van der Waals surface area contributed by atoms with Gasteiger partial charge in [-0.25, -0.2) is 0 Å². The molecule has 8 unspecified atom stereocenters. The normalized spacial score (nSPS) is 35.3. The molecule has 8 atom stereocenters. The molecule has 8 heteroatoms. The number of amides is 1. The molecule has 198 valence electrons. The van der Waals surface area contributed by atoms with Gasteiger partial charge in [0.15, 0.2) is 0 Å². The highest BCUT2D eigenvalue weighted by Gasteiger charge is 2.36. The second kappa shape index (κ2) is 13.3. The number of esters is 1. The van der Waals surface area contributed by atoms with Gasteiger partial charge in [0.1, 0.15) is 0 Å². The molecular weight excluding hydrogens is 450 g/mol. The third kappa shape index (κ3) is 10.3. The number of aliphatic hydroxyl groups excluding tert-OH is 1. The Morgan fingerprint density at radius 3 is 2.60 bits per heavy atom. The molecule has 2 fully saturated rings. The minimum Gasteiger partial charge on any atom is -0.469 e. The lowest BCUT2D eigenvalue weighted by Crippen LogP contribution is -2.50. The molecule has 2 aliphatic rings. The number of carbonyl (C=O) groups excluding carboxylic acids is 2. The molecule has 0 aromatic carbocycles. The van der Waals surface area contributed by atoms with Crippen molar-refractivity contribution in [2.45, 2.75) is 109 Å². The van der Waals surface area contributed by atoms with Crippen molar-refractivity contribution in [3.8, 4) is 0 Å². The van der Waals surface area contributed by atoms with Gasteiger partial charge in [0.25, 0.3) is 0 Å². The van der Waals surface area contributed by atoms with Crippen molar-refractivity contribution in [1.29, 1.82) is 0 Å². The predicted octanol–water partition coefficient (Wildman–Crippen LogP) is 2.98. The molecule has 2 heterocycles. The number of rotatable bonds is 9. The van der Waals surface area contributed by atoms with Gasteiger partial charge in [-0.15, -0.1) is 0 Å². The van der Waals surface area contributed by atoms with Crippen molar-refractivity contribution in [2.24, 2.45) is 5.92 Å². The lowest BCUT2D eigenvalue weighted by Gasteiger charge is -2.39. The van der Waals surface area contributed by atoms with E-state index in [1.807, 2.05) is 26.0 Å². The van der Waals surface area contributed by atoms with E-state index in [9.17, 15) is 19.8 Å². The van der Waals surface area contributed by atoms with Crippen LogP contribution in [0, 0.1) is 5.92 Å². The Morgan fingerprint density at radius 2 is 1.94 bits per heavy atom. The van der Waals surface area contributed by atoms with Gasteiger partial charge in [0, 0.05) is 18.9 Å². The quantitative estimate of drug-likeness (QED) is 0.257. The number of aliphatic hydroxyl groups is 2. The van der Waals surface area contributed by atoms with E-state index in [0.29, 0.717) is 12.8 Å². The van der Waals surface area contributed by atoms with Gasteiger partial charge in [-0.05, 0) is 46.5 Å². The molecule has 8 nitrogen and oxygen atoms in total. The zero-order chi connectivity index (χ0) is 26.2. The number of hydrogen-bond donors (Lipinski definition) is 3. The fourth-order valence-corrected chi connectivity index (χ4v) is 4.65. The molecular formula is C27H43NO7. The van der Waals surface area contributed by atoms with E-state index in [1.165, 1.54) is 19.3 Å². The zero-order valence-corrected chi connectivity index (χ0v) is 21.9. The van der Waals surface area contributed by atoms with Crippen molar-refractivity contribution in [1.82, 2.24) is 5.32 Å². The van der Waals surface area contributed by atoms with Crippen LogP contribution in [-0.4, -0.2) is 71.4 Å². The summed E-state index contributed by atoms with van der Waals surface area (Å²) in [5.74, 6) is -0.308. The Hall–Kier alpha value is -2.00. The molecule has 2 aliphatic heterocycles. The maximum atomic E-state index is 12.1. The number of methoxy groups -OCH3 is 1. The maximum Gasteiger partial charge on any atom is 0.308 e. The van der Waals surface area contributed by atoms with Gasteiger partial charge in [-0.3, -0.25) is 9.59 Å². The van der Waals surface area contributed by atoms with Crippen molar-refractivity contribution in [3.63, 3.8) is 0 Å². The van der Waals surface area contributed by atoms with Crippen LogP contribution in [-0.2, 0) is 23.8 Å². The van der Waals surface area contributed by atoms with E-state index in [-0.39, 0.29) is 54.7 Å². The first-order valence-corrected chi connectivity index (χ1v) is 12.5. The largest absolute Gasteiger partial charge is 0.469 e. The average Bonchev–Trinajstić information content (AvgIpc) is 2.76. The molecule has 3 N–H and O–H groups in total. The standard InChI is InChI=1S/C27H43NO7/c1-17(7-10-21-15-27(5,32)16-22(35-21)14-26(31)33-6)8-11-24-18(2)13-23(20(4)34-24)28-25(30)12-9-19(3)29/h7-10,12,18-24,29,32H,11,13-16H2,1-6H3,(H,28,30). The molecule has 0 radical (unpaired) electrons. The van der Waals surface area contributed by atoms with Gasteiger partial charge in [-0.1, -0.05) is 36.8 Å². The van der Waals surface area contributed by atoms with Crippen LogP contribution in [0.25, 0.3) is 0 Å². The molecule has 0 bridgehead atoms. The van der Waals surface area contributed by atoms with E-state index in [1.54, 1.807) is 13.8 Å². The summed E-state index contributed by atoms with van der Waals surface area (Å²) in [6.45, 7) is 9.47. The van der Waals surface area contributed by atoms with Crippen LogP contribution in [0.2, 0.25) is 0 Å². The topological polar surface area (TPSA) is 114 Å². The Kier molecular flexibility index (Phi) is 11.1. The van der Waals surface area contributed by atoms with Crippen LogP contribution in [0.15, 0.2) is 36.0 Å². The SMILES string of the molecule is COC(=O)CC1CC(C)(O)CC(C=CC(C)=CCC2OC(C)C(NC(=O)C=CC(C)O)CC2C)O1. The van der Waals surface area contributed by atoms with E-state index in [0.717, 1.165) is 18.4 Å². The van der Waals surface area contributed by atoms with Gasteiger partial charge in [-0.2, -0.15) is 0 Å². The lowest BCUT2D eigenvalue weighted by molar-refractivity contribution is -0.153. The minimum absolute atomic E-state index is 0.0469. The smallest absolute Gasteiger partial charge is 0.308 e. The Morgan fingerprint density at radius 1 is 1.23 bits per heavy atom. The molecule has 2 rings (SSSR count). The van der Waals surface area contributed by atoms with Crippen LogP contribution >= 0.6 is 0 Å². The van der Waals surface area contributed by atoms with Crippen LogP contribution in [0.1, 0.15) is 66.7 Å². The number of ether oxygens (including phenoxy) is 3. The molecule has 1 amide bonds. The number of hydrogen-bond acceptors (Lipinski definition) is 7. The van der Waals surface area contributed by atoms with Crippen molar-refractivity contribution >= 4 is 11.9 Å². The van der Waals surface area contributed by atoms with Crippen molar-refractivity contribution in [3.05, 3.63) is 36.0 Å². The fourth-order valence-electron chi connectivity index (χ4n) is 4.65. The minimum atomic E-state index is -0.900. The molecule has 0 spiro atoms. The van der Waals surface area contributed by atoms with Crippen LogP contribution in [0.3, 0.4) is 0 Å². The summed E-state index contributed by atoms with van der Waals surface area (Å²) < 4.78 is 16.9. The molecule has 0 aromatic heterocycles. The lowest BCUT2D eigenvalue weighted by atomic mass is 9.87. The second-order valence-corrected chi connectivity index (χ2v) is 10.3. The summed E-state index contributed by atoms with van der Waals surface area (Å²) in [4.78, 5) is 23.7. The second-order valence-electron chi connectivity index (χ2n) is 10.3. The molecule has 0 saturated carbocycles. The third-order valence-corrected chi connectivity index (χ3v) is 6.61. The van der Waals surface area contributed by atoms with Gasteiger partial charge in [0.2, 0.25) is 5.91 Å². The number of carbonyl (C=O) groups is 2. The van der Waals surface area contributed by atoms with E-state index in [2.05, 4.69) is 18.3 Å². The molecule has 35 heavy (non-hydrogen) atoms. The highest BCUT2D eigenvalue weighted by Crippen LogP contribution is 2.31. The van der Waals surface area contributed by atoms with Crippen LogP contribution in [0.4, 0.5) is 0 Å². The Balaban J connectivity index is 1.88. The maximum absolute atomic E-state index is 12.1. The van der Waals surface area contributed by atoms with E-state index >= 15 is 0 Å². The Bertz CT molecular complexity index is 801. The first-order valence-electron chi connectivity index (χ1n) is 12.5. The van der Waals surface area contributed by atoms with E-state index < -0.39 is 11.7 Å². The summed E-state index contributed by atoms with van der Waals surface area (Å²) in [6.07, 6.45) is 10.0. The zero-order valence-electron chi connectivity index (χ0n) is 21.9. The summed E-state index contributed by atoms with van der Waals surface area (Å²) in [5, 5.41) is 22.8. The number of allylic oxidation sites excluding steroid dienone is 2. The van der Waals surface area contributed by atoms with Gasteiger partial charge < -0.3 is 29.7 Å². The van der Waals surface area contributed by atoms with E-state index in [4.69, 9.17) is 14.2 Å². The van der Waals surface area contributed by atoms with Crippen LogP contribution < -0.4 is 5.32 Å². The summed E-state index contributed by atoms with van der Waals surface area (Å²) in [7, 11) is 1.35. The average molecular weight is 494 g/mol. The molecule has 2 saturated heterocycles. The Labute approximate surface area is 209 Å². The highest BCUT2D eigenvalue weighted by molar-refractivity contribution is 5.87. The van der Waals surface area contributed by atoms with Crippen molar-refractivity contribution < 1.29 is 34.0 Å². The highest BCUT2D eigenvalue weighted by atomic mass is 16.5. The van der Waals surface area contributed by atoms with Crippen molar-refractivity contribution in [2.75, 3.05) is 7.11 Å². The first-order chi connectivity index (χ1) is 16.4. The summed E-state index contributed by atoms with van der Waals surface area (Å²) in [5.41, 5.74) is 0.161. The third-order valence-electron chi connectivity index (χ3n) is 6.61. The molecule has 0 aliphatic carbocycles.